The van der Waals surface area contributed by atoms with E-state index in [1.165, 1.54) is 0 Å². The highest BCUT2D eigenvalue weighted by Gasteiger charge is 2.35. The van der Waals surface area contributed by atoms with Crippen molar-refractivity contribution in [3.8, 4) is 5.75 Å². The first-order valence-corrected chi connectivity index (χ1v) is 9.42. The van der Waals surface area contributed by atoms with Gasteiger partial charge in [0.15, 0.2) is 5.78 Å². The highest BCUT2D eigenvalue weighted by atomic mass is 16.3. The number of aliphatic imine (C=N–C) groups is 1. The Morgan fingerprint density at radius 1 is 0.862 bits per heavy atom. The molecule has 1 aliphatic carbocycles. The third-order valence-corrected chi connectivity index (χ3v) is 5.38. The van der Waals surface area contributed by atoms with Crippen molar-refractivity contribution in [2.24, 2.45) is 4.99 Å². The second-order valence-corrected chi connectivity index (χ2v) is 7.13. The number of para-hydroxylation sites is 3. The van der Waals surface area contributed by atoms with E-state index in [4.69, 9.17) is 4.99 Å². The molecule has 1 heterocycles. The molecule has 0 unspecified atom stereocenters. The fourth-order valence-electron chi connectivity index (χ4n) is 3.98. The van der Waals surface area contributed by atoms with Gasteiger partial charge >= 0.3 is 0 Å². The van der Waals surface area contributed by atoms with Crippen molar-refractivity contribution in [2.45, 2.75) is 12.5 Å². The molecule has 2 aliphatic rings. The number of Topliss-reactive ketones (excluding diaryl/α,β-unsaturated/α-hetero) is 1. The lowest BCUT2D eigenvalue weighted by Crippen LogP contribution is -2.18. The molecule has 0 amide bonds. The first kappa shape index (κ1) is 17.3. The van der Waals surface area contributed by atoms with Crippen molar-refractivity contribution in [1.82, 2.24) is 0 Å². The number of carbonyl (C=O) groups is 1. The van der Waals surface area contributed by atoms with E-state index in [9.17, 15) is 15.0 Å². The third-order valence-electron chi connectivity index (χ3n) is 5.38. The number of hydrogen-bond acceptors (Lipinski definition) is 5. The van der Waals surface area contributed by atoms with E-state index in [1.54, 1.807) is 36.4 Å². The fourth-order valence-corrected chi connectivity index (χ4v) is 3.98. The van der Waals surface area contributed by atoms with Crippen molar-refractivity contribution >= 4 is 28.6 Å². The van der Waals surface area contributed by atoms with E-state index >= 15 is 0 Å². The zero-order valence-corrected chi connectivity index (χ0v) is 15.5. The Morgan fingerprint density at radius 2 is 1.55 bits per heavy atom. The summed E-state index contributed by atoms with van der Waals surface area (Å²) >= 11 is 0. The first-order chi connectivity index (χ1) is 14.1. The summed E-state index contributed by atoms with van der Waals surface area (Å²) in [6.45, 7) is 0. The Morgan fingerprint density at radius 3 is 2.34 bits per heavy atom. The number of fused-ring (bicyclic) bond motifs is 2. The van der Waals surface area contributed by atoms with Crippen LogP contribution in [0.15, 0.2) is 83.4 Å². The molecule has 0 radical (unpaired) electrons. The van der Waals surface area contributed by atoms with Gasteiger partial charge in [-0.05, 0) is 18.2 Å². The van der Waals surface area contributed by atoms with Crippen LogP contribution in [0.1, 0.15) is 33.9 Å². The molecule has 5 nitrogen and oxygen atoms in total. The first-order valence-electron chi connectivity index (χ1n) is 9.42. The van der Waals surface area contributed by atoms with E-state index < -0.39 is 0 Å². The lowest BCUT2D eigenvalue weighted by molar-refractivity contribution is 0.104. The maximum Gasteiger partial charge on any atom is 0.199 e. The molecule has 29 heavy (non-hydrogen) atoms. The summed E-state index contributed by atoms with van der Waals surface area (Å²) in [5.74, 6) is -0.102. The highest BCUT2D eigenvalue weighted by molar-refractivity contribution is 6.36. The van der Waals surface area contributed by atoms with Gasteiger partial charge in [-0.3, -0.25) is 9.79 Å². The van der Waals surface area contributed by atoms with Crippen molar-refractivity contribution in [3.05, 3.63) is 95.1 Å². The summed E-state index contributed by atoms with van der Waals surface area (Å²) in [5.41, 5.74) is 3.93. The van der Waals surface area contributed by atoms with Gasteiger partial charge in [-0.2, -0.15) is 0 Å². The number of aliphatic hydroxyl groups excluding tert-OH is 1. The van der Waals surface area contributed by atoms with Crippen LogP contribution in [0, 0.1) is 0 Å². The predicted molar refractivity (Wildman–Crippen MR) is 113 cm³/mol. The molecule has 0 saturated heterocycles. The van der Waals surface area contributed by atoms with Crippen LogP contribution in [0.5, 0.6) is 5.75 Å². The minimum Gasteiger partial charge on any atom is -0.508 e. The number of phenolic OH excluding ortho intramolecular Hbond substituents is 1. The van der Waals surface area contributed by atoms with E-state index in [2.05, 4.69) is 5.32 Å². The smallest absolute Gasteiger partial charge is 0.199 e. The standard InChI is InChI=1S/C24H18N2O3/c27-21-12-6-3-9-16(21)19-13-20(26-18-11-5-4-10-17(18)25-19)22-23(28)14-7-1-2-8-15(14)24(22)29/h1-12,19,25,27-28H,13H2/t19-/m1/s1. The molecular formula is C24H18N2O3. The van der Waals surface area contributed by atoms with Crippen LogP contribution < -0.4 is 5.32 Å². The maximum absolute atomic E-state index is 13.1. The molecule has 3 aromatic rings. The summed E-state index contributed by atoms with van der Waals surface area (Å²) in [6, 6.07) is 21.4. The van der Waals surface area contributed by atoms with E-state index in [0.717, 1.165) is 5.69 Å². The average molecular weight is 382 g/mol. The predicted octanol–water partition coefficient (Wildman–Crippen LogP) is 5.19. The molecule has 0 spiro atoms. The molecule has 3 aromatic carbocycles. The fraction of sp³-hybridized carbons (Fsp3) is 0.0833. The summed E-state index contributed by atoms with van der Waals surface area (Å²) < 4.78 is 0. The largest absolute Gasteiger partial charge is 0.508 e. The SMILES string of the molecule is O=C1C(C2=Nc3ccccc3N[C@@H](c3ccccc3O)C2)=C(O)c2ccccc21. The number of phenols is 1. The van der Waals surface area contributed by atoms with Crippen molar-refractivity contribution in [2.75, 3.05) is 5.32 Å². The number of nitrogens with one attached hydrogen (secondary N) is 1. The van der Waals surface area contributed by atoms with Crippen molar-refractivity contribution < 1.29 is 15.0 Å². The monoisotopic (exact) mass is 382 g/mol. The van der Waals surface area contributed by atoms with Crippen molar-refractivity contribution in [1.29, 1.82) is 0 Å². The minimum absolute atomic E-state index is 0.0419. The molecule has 3 N–H and O–H groups in total. The molecule has 5 heteroatoms. The lowest BCUT2D eigenvalue weighted by atomic mass is 9.95. The van der Waals surface area contributed by atoms with Gasteiger partial charge < -0.3 is 15.5 Å². The zero-order valence-electron chi connectivity index (χ0n) is 15.5. The molecule has 142 valence electrons. The number of ketones is 1. The molecule has 1 aliphatic heterocycles. The summed E-state index contributed by atoms with van der Waals surface area (Å²) in [5, 5.41) is 24.6. The number of aromatic hydroxyl groups is 1. The second kappa shape index (κ2) is 6.63. The summed E-state index contributed by atoms with van der Waals surface area (Å²) in [7, 11) is 0. The zero-order chi connectivity index (χ0) is 20.0. The second-order valence-electron chi connectivity index (χ2n) is 7.13. The van der Waals surface area contributed by atoms with Crippen LogP contribution in [0.4, 0.5) is 11.4 Å². The van der Waals surface area contributed by atoms with Gasteiger partial charge in [0.2, 0.25) is 0 Å². The van der Waals surface area contributed by atoms with Crippen LogP contribution >= 0.6 is 0 Å². The van der Waals surface area contributed by atoms with Gasteiger partial charge in [0.1, 0.15) is 11.5 Å². The molecule has 5 rings (SSSR count). The number of rotatable bonds is 2. The Kier molecular flexibility index (Phi) is 3.95. The number of carbonyl (C=O) groups excluding carboxylic acids is 1. The third kappa shape index (κ3) is 2.79. The van der Waals surface area contributed by atoms with E-state index in [0.29, 0.717) is 34.5 Å². The molecule has 0 bridgehead atoms. The number of nitrogens with zero attached hydrogens (tertiary/aromatic N) is 1. The molecule has 0 fully saturated rings. The Hall–Kier alpha value is -3.86. The molecular weight excluding hydrogens is 364 g/mol. The summed E-state index contributed by atoms with van der Waals surface area (Å²) in [4.78, 5) is 17.8. The number of hydrogen-bond donors (Lipinski definition) is 3. The Bertz CT molecular complexity index is 1210. The minimum atomic E-state index is -0.310. The normalized spacial score (nSPS) is 17.9. The van der Waals surface area contributed by atoms with Gasteiger partial charge in [-0.25, -0.2) is 0 Å². The Labute approximate surface area is 167 Å². The van der Waals surface area contributed by atoms with Gasteiger partial charge in [-0.15, -0.1) is 0 Å². The average Bonchev–Trinajstić information content (AvgIpc) is 2.88. The van der Waals surface area contributed by atoms with Crippen molar-refractivity contribution in [3.63, 3.8) is 0 Å². The van der Waals surface area contributed by atoms with Crippen LogP contribution in [-0.2, 0) is 0 Å². The Balaban J connectivity index is 1.66. The van der Waals surface area contributed by atoms with Crippen LogP contribution in [0.2, 0.25) is 0 Å². The highest BCUT2D eigenvalue weighted by Crippen LogP contribution is 2.40. The van der Waals surface area contributed by atoms with Gasteiger partial charge in [0, 0.05) is 23.1 Å². The van der Waals surface area contributed by atoms with Crippen LogP contribution in [0.3, 0.4) is 0 Å². The molecule has 0 saturated carbocycles. The van der Waals surface area contributed by atoms with E-state index in [-0.39, 0.29) is 28.9 Å². The number of anilines is 1. The van der Waals surface area contributed by atoms with Crippen LogP contribution in [0.25, 0.3) is 5.76 Å². The van der Waals surface area contributed by atoms with Crippen LogP contribution in [-0.4, -0.2) is 21.7 Å². The number of benzene rings is 3. The molecule has 1 atom stereocenters. The quantitative estimate of drug-likeness (QED) is 0.570. The molecule has 0 aromatic heterocycles. The maximum atomic E-state index is 13.1. The summed E-state index contributed by atoms with van der Waals surface area (Å²) in [6.07, 6.45) is 0.339. The van der Waals surface area contributed by atoms with Gasteiger partial charge in [-0.1, -0.05) is 54.6 Å². The van der Waals surface area contributed by atoms with Gasteiger partial charge in [0.25, 0.3) is 0 Å². The topological polar surface area (TPSA) is 81.9 Å². The van der Waals surface area contributed by atoms with E-state index in [1.807, 2.05) is 36.4 Å². The van der Waals surface area contributed by atoms with Gasteiger partial charge in [0.05, 0.1) is 28.7 Å². The number of allylic oxidation sites excluding steroid dienone is 1. The number of aliphatic hydroxyl groups is 1. The lowest BCUT2D eigenvalue weighted by Gasteiger charge is -2.20.